The molecule has 162 valence electrons. The topological polar surface area (TPSA) is 79.5 Å². The lowest BCUT2D eigenvalue weighted by atomic mass is 10.0. The van der Waals surface area contributed by atoms with Crippen molar-refractivity contribution in [3.8, 4) is 17.6 Å². The van der Waals surface area contributed by atoms with Crippen LogP contribution in [-0.2, 0) is 6.61 Å². The van der Waals surface area contributed by atoms with Crippen LogP contribution in [0.15, 0.2) is 60.7 Å². The molecule has 7 heteroatoms. The van der Waals surface area contributed by atoms with Crippen molar-refractivity contribution in [1.82, 2.24) is 0 Å². The van der Waals surface area contributed by atoms with E-state index in [0.29, 0.717) is 23.7 Å². The maximum atomic E-state index is 14.1. The molecule has 32 heavy (non-hydrogen) atoms. The number of ether oxygens (including phenoxy) is 2. The standard InChI is InChI=1S/C25H19FINO4/c1-2-31-23-13-17(11-19(14-28)20-5-3-4-6-21(20)26)12-22(27)24(23)32-15-16-7-9-18(10-8-16)25(29)30/h3-13H,2,15H2,1H3,(H,29,30)/b19-11-. The number of aromatic carboxylic acids is 1. The van der Waals surface area contributed by atoms with Gasteiger partial charge in [-0.15, -0.1) is 0 Å². The fourth-order valence-corrected chi connectivity index (χ4v) is 3.77. The SMILES string of the molecule is CCOc1cc(/C=C(/C#N)c2ccccc2F)cc(I)c1OCc1ccc(C(=O)O)cc1. The van der Waals surface area contributed by atoms with Gasteiger partial charge in [0.15, 0.2) is 11.5 Å². The molecular formula is C25H19FINO4. The van der Waals surface area contributed by atoms with Crippen LogP contribution in [-0.4, -0.2) is 17.7 Å². The zero-order valence-electron chi connectivity index (χ0n) is 17.1. The first-order chi connectivity index (χ1) is 15.4. The van der Waals surface area contributed by atoms with Gasteiger partial charge in [-0.3, -0.25) is 0 Å². The lowest BCUT2D eigenvalue weighted by molar-refractivity contribution is 0.0697. The minimum Gasteiger partial charge on any atom is -0.490 e. The number of benzene rings is 3. The lowest BCUT2D eigenvalue weighted by Gasteiger charge is -2.15. The Hall–Kier alpha value is -3.38. The van der Waals surface area contributed by atoms with Gasteiger partial charge in [0.2, 0.25) is 0 Å². The van der Waals surface area contributed by atoms with E-state index in [-0.39, 0.29) is 23.3 Å². The van der Waals surface area contributed by atoms with E-state index < -0.39 is 11.8 Å². The van der Waals surface area contributed by atoms with E-state index in [2.05, 4.69) is 28.7 Å². The van der Waals surface area contributed by atoms with Crippen molar-refractivity contribution in [1.29, 1.82) is 5.26 Å². The Morgan fingerprint density at radius 3 is 2.50 bits per heavy atom. The number of hydrogen-bond donors (Lipinski definition) is 1. The molecule has 0 aromatic heterocycles. The van der Waals surface area contributed by atoms with Gasteiger partial charge in [-0.2, -0.15) is 5.26 Å². The highest BCUT2D eigenvalue weighted by atomic mass is 127. The van der Waals surface area contributed by atoms with E-state index >= 15 is 0 Å². The Balaban J connectivity index is 1.90. The first-order valence-electron chi connectivity index (χ1n) is 9.71. The van der Waals surface area contributed by atoms with Crippen molar-refractivity contribution in [2.24, 2.45) is 0 Å². The van der Waals surface area contributed by atoms with Crippen LogP contribution in [0, 0.1) is 20.7 Å². The Labute approximate surface area is 198 Å². The third kappa shape index (κ3) is 5.65. The van der Waals surface area contributed by atoms with Gasteiger partial charge < -0.3 is 14.6 Å². The third-order valence-electron chi connectivity index (χ3n) is 4.51. The molecule has 0 aliphatic heterocycles. The largest absolute Gasteiger partial charge is 0.490 e. The Kier molecular flexibility index (Phi) is 7.84. The van der Waals surface area contributed by atoms with Crippen LogP contribution in [0.25, 0.3) is 11.6 Å². The monoisotopic (exact) mass is 543 g/mol. The molecule has 0 amide bonds. The first kappa shape index (κ1) is 23.3. The molecule has 0 saturated carbocycles. The summed E-state index contributed by atoms with van der Waals surface area (Å²) in [4.78, 5) is 11.0. The third-order valence-corrected chi connectivity index (χ3v) is 5.31. The van der Waals surface area contributed by atoms with Gasteiger partial charge in [-0.1, -0.05) is 30.3 Å². The zero-order chi connectivity index (χ0) is 23.1. The quantitative estimate of drug-likeness (QED) is 0.209. The first-order valence-corrected chi connectivity index (χ1v) is 10.8. The molecule has 5 nitrogen and oxygen atoms in total. The van der Waals surface area contributed by atoms with Crippen molar-refractivity contribution in [3.05, 3.63) is 92.3 Å². The molecule has 3 aromatic rings. The van der Waals surface area contributed by atoms with Gasteiger partial charge in [0, 0.05) is 5.56 Å². The fourth-order valence-electron chi connectivity index (χ4n) is 2.99. The summed E-state index contributed by atoms with van der Waals surface area (Å²) < 4.78 is 26.6. The molecule has 0 bridgehead atoms. The highest BCUT2D eigenvalue weighted by molar-refractivity contribution is 14.1. The van der Waals surface area contributed by atoms with Gasteiger partial charge in [0.25, 0.3) is 0 Å². The summed E-state index contributed by atoms with van der Waals surface area (Å²) in [7, 11) is 0. The van der Waals surface area contributed by atoms with Gasteiger partial charge in [0.05, 0.1) is 27.4 Å². The van der Waals surface area contributed by atoms with Crippen molar-refractivity contribution in [3.63, 3.8) is 0 Å². The smallest absolute Gasteiger partial charge is 0.335 e. The molecule has 0 aliphatic carbocycles. The fraction of sp³-hybridized carbons (Fsp3) is 0.120. The van der Waals surface area contributed by atoms with Gasteiger partial charge in [-0.25, -0.2) is 9.18 Å². The molecule has 3 rings (SSSR count). The predicted molar refractivity (Wildman–Crippen MR) is 128 cm³/mol. The highest BCUT2D eigenvalue weighted by Crippen LogP contribution is 2.36. The van der Waals surface area contributed by atoms with E-state index in [1.54, 1.807) is 42.5 Å². The summed E-state index contributed by atoms with van der Waals surface area (Å²) in [6, 6.07) is 18.2. The van der Waals surface area contributed by atoms with Crippen molar-refractivity contribution in [2.75, 3.05) is 6.61 Å². The summed E-state index contributed by atoms with van der Waals surface area (Å²) in [5.74, 6) is -0.412. The maximum Gasteiger partial charge on any atom is 0.335 e. The second-order valence-electron chi connectivity index (χ2n) is 6.70. The summed E-state index contributed by atoms with van der Waals surface area (Å²) in [5, 5.41) is 18.6. The average molecular weight is 543 g/mol. The summed E-state index contributed by atoms with van der Waals surface area (Å²) in [6.07, 6.45) is 1.61. The average Bonchev–Trinajstić information content (AvgIpc) is 2.78. The van der Waals surface area contributed by atoms with Crippen LogP contribution in [0.1, 0.15) is 34.0 Å². The molecule has 0 fully saturated rings. The number of nitriles is 1. The molecule has 0 heterocycles. The van der Waals surface area contributed by atoms with Gasteiger partial charge in [0.1, 0.15) is 12.4 Å². The van der Waals surface area contributed by atoms with Crippen molar-refractivity contribution < 1.29 is 23.8 Å². The number of carbonyl (C=O) groups is 1. The molecule has 0 aliphatic rings. The number of hydrogen-bond acceptors (Lipinski definition) is 4. The maximum absolute atomic E-state index is 14.1. The van der Waals surface area contributed by atoms with Crippen molar-refractivity contribution in [2.45, 2.75) is 13.5 Å². The van der Waals surface area contributed by atoms with Crippen LogP contribution < -0.4 is 9.47 Å². The number of halogens is 2. The van der Waals surface area contributed by atoms with Gasteiger partial charge in [-0.05, 0) is 77.0 Å². The second-order valence-corrected chi connectivity index (χ2v) is 7.87. The van der Waals surface area contributed by atoms with E-state index in [0.717, 1.165) is 9.13 Å². The summed E-state index contributed by atoms with van der Waals surface area (Å²) >= 11 is 2.12. The molecular weight excluding hydrogens is 524 g/mol. The summed E-state index contributed by atoms with van der Waals surface area (Å²) in [6.45, 7) is 2.49. The second kappa shape index (κ2) is 10.8. The molecule has 3 aromatic carbocycles. The lowest BCUT2D eigenvalue weighted by Crippen LogP contribution is -2.03. The Bertz CT molecular complexity index is 1200. The van der Waals surface area contributed by atoms with Crippen LogP contribution in [0.5, 0.6) is 11.5 Å². The molecule has 0 saturated heterocycles. The van der Waals surface area contributed by atoms with E-state index in [1.165, 1.54) is 18.2 Å². The predicted octanol–water partition coefficient (Wildman–Crippen LogP) is 6.17. The van der Waals surface area contributed by atoms with Crippen LogP contribution in [0.4, 0.5) is 4.39 Å². The molecule has 0 unspecified atom stereocenters. The highest BCUT2D eigenvalue weighted by Gasteiger charge is 2.14. The van der Waals surface area contributed by atoms with E-state index in [9.17, 15) is 14.4 Å². The van der Waals surface area contributed by atoms with E-state index in [1.807, 2.05) is 13.0 Å². The molecule has 1 N–H and O–H groups in total. The number of allylic oxidation sites excluding steroid dienone is 1. The number of carboxylic acids is 1. The Morgan fingerprint density at radius 1 is 1.16 bits per heavy atom. The van der Waals surface area contributed by atoms with Crippen molar-refractivity contribution >= 4 is 40.2 Å². The normalized spacial score (nSPS) is 11.0. The minimum atomic E-state index is -0.985. The number of nitrogens with zero attached hydrogens (tertiary/aromatic N) is 1. The van der Waals surface area contributed by atoms with Crippen LogP contribution >= 0.6 is 22.6 Å². The van der Waals surface area contributed by atoms with Crippen LogP contribution in [0.3, 0.4) is 0 Å². The molecule has 0 spiro atoms. The summed E-state index contributed by atoms with van der Waals surface area (Å²) in [5.41, 5.74) is 2.12. The Morgan fingerprint density at radius 2 is 1.88 bits per heavy atom. The van der Waals surface area contributed by atoms with Crippen LogP contribution in [0.2, 0.25) is 0 Å². The number of carboxylic acid groups (broad SMARTS) is 1. The molecule has 0 atom stereocenters. The zero-order valence-corrected chi connectivity index (χ0v) is 19.3. The van der Waals surface area contributed by atoms with E-state index in [4.69, 9.17) is 14.6 Å². The molecule has 0 radical (unpaired) electrons. The minimum absolute atomic E-state index is 0.202. The van der Waals surface area contributed by atoms with Gasteiger partial charge >= 0.3 is 5.97 Å². The number of rotatable bonds is 8.